The molecule has 25 heavy (non-hydrogen) atoms. The van der Waals surface area contributed by atoms with Crippen molar-refractivity contribution in [1.82, 2.24) is 20.2 Å². The van der Waals surface area contributed by atoms with Crippen LogP contribution in [0.4, 0.5) is 5.82 Å². The normalized spacial score (nSPS) is 15.5. The number of H-pyrrole nitrogens is 1. The fourth-order valence-electron chi connectivity index (χ4n) is 3.67. The molecule has 0 saturated carbocycles. The third-order valence-electron chi connectivity index (χ3n) is 5.27. The number of anilines is 1. The maximum Gasteiger partial charge on any atom is 0.169 e. The minimum Gasteiger partial charge on any atom is -0.354 e. The number of fused-ring (bicyclic) bond motifs is 1. The van der Waals surface area contributed by atoms with Crippen molar-refractivity contribution >= 4 is 16.9 Å². The molecule has 3 aromatic rings. The van der Waals surface area contributed by atoms with E-state index in [0.717, 1.165) is 48.7 Å². The Morgan fingerprint density at radius 1 is 1.24 bits per heavy atom. The lowest BCUT2D eigenvalue weighted by Crippen LogP contribution is -2.34. The van der Waals surface area contributed by atoms with E-state index in [-0.39, 0.29) is 0 Å². The van der Waals surface area contributed by atoms with E-state index < -0.39 is 0 Å². The maximum absolute atomic E-state index is 9.52. The van der Waals surface area contributed by atoms with Gasteiger partial charge in [-0.05, 0) is 55.9 Å². The van der Waals surface area contributed by atoms with Crippen molar-refractivity contribution in [3.63, 3.8) is 0 Å². The van der Waals surface area contributed by atoms with Gasteiger partial charge in [-0.2, -0.15) is 10.4 Å². The average molecular weight is 332 g/mol. The standard InChI is InChI=1S/C19H20N6/c1-12-13(2)23-24-19(16(12)10-20)25-8-5-14(6-9-25)17-11-22-18-15(17)4-3-7-21-18/h3-4,7,11,14H,5-6,8-9H2,1-2H3,(H,21,22). The number of hydrogen-bond donors (Lipinski definition) is 1. The second kappa shape index (κ2) is 6.17. The van der Waals surface area contributed by atoms with Gasteiger partial charge in [0.2, 0.25) is 0 Å². The zero-order valence-corrected chi connectivity index (χ0v) is 14.5. The van der Waals surface area contributed by atoms with Gasteiger partial charge < -0.3 is 9.88 Å². The van der Waals surface area contributed by atoms with Gasteiger partial charge in [0.25, 0.3) is 0 Å². The Hall–Kier alpha value is -2.94. The second-order valence-electron chi connectivity index (χ2n) is 6.63. The summed E-state index contributed by atoms with van der Waals surface area (Å²) < 4.78 is 0. The highest BCUT2D eigenvalue weighted by molar-refractivity contribution is 5.80. The molecule has 0 aromatic carbocycles. The number of aromatic amines is 1. The monoisotopic (exact) mass is 332 g/mol. The van der Waals surface area contributed by atoms with Crippen molar-refractivity contribution in [3.8, 4) is 6.07 Å². The zero-order valence-electron chi connectivity index (χ0n) is 14.5. The summed E-state index contributed by atoms with van der Waals surface area (Å²) in [4.78, 5) is 9.85. The van der Waals surface area contributed by atoms with Gasteiger partial charge in [0.1, 0.15) is 17.3 Å². The van der Waals surface area contributed by atoms with Crippen LogP contribution in [0.15, 0.2) is 24.5 Å². The van der Waals surface area contributed by atoms with Crippen LogP contribution in [0.25, 0.3) is 11.0 Å². The van der Waals surface area contributed by atoms with Crippen LogP contribution in [0.1, 0.15) is 41.1 Å². The molecule has 1 aliphatic rings. The van der Waals surface area contributed by atoms with Crippen LogP contribution in [-0.2, 0) is 0 Å². The van der Waals surface area contributed by atoms with E-state index in [1.165, 1.54) is 10.9 Å². The molecule has 126 valence electrons. The molecule has 6 nitrogen and oxygen atoms in total. The van der Waals surface area contributed by atoms with Gasteiger partial charge in [0, 0.05) is 30.9 Å². The number of nitriles is 1. The predicted molar refractivity (Wildman–Crippen MR) is 96.5 cm³/mol. The van der Waals surface area contributed by atoms with E-state index in [2.05, 4.69) is 43.4 Å². The van der Waals surface area contributed by atoms with Crippen LogP contribution in [-0.4, -0.2) is 33.3 Å². The van der Waals surface area contributed by atoms with Crippen LogP contribution in [0, 0.1) is 25.2 Å². The summed E-state index contributed by atoms with van der Waals surface area (Å²) in [6.07, 6.45) is 5.96. The smallest absolute Gasteiger partial charge is 0.169 e. The Morgan fingerprint density at radius 2 is 2.04 bits per heavy atom. The Bertz CT molecular complexity index is 960. The van der Waals surface area contributed by atoms with E-state index in [4.69, 9.17) is 0 Å². The molecule has 0 unspecified atom stereocenters. The topological polar surface area (TPSA) is 81.5 Å². The fraction of sp³-hybridized carbons (Fsp3) is 0.368. The molecule has 6 heteroatoms. The number of pyridine rings is 1. The molecule has 1 N–H and O–H groups in total. The molecular weight excluding hydrogens is 312 g/mol. The molecule has 0 bridgehead atoms. The number of aromatic nitrogens is 4. The van der Waals surface area contributed by atoms with E-state index in [1.54, 1.807) is 0 Å². The molecular formula is C19H20N6. The van der Waals surface area contributed by atoms with Crippen LogP contribution in [0.5, 0.6) is 0 Å². The van der Waals surface area contributed by atoms with Gasteiger partial charge in [-0.25, -0.2) is 4.98 Å². The van der Waals surface area contributed by atoms with Crippen molar-refractivity contribution in [3.05, 3.63) is 46.9 Å². The van der Waals surface area contributed by atoms with Crippen LogP contribution >= 0.6 is 0 Å². The number of rotatable bonds is 2. The number of piperidine rings is 1. The van der Waals surface area contributed by atoms with Gasteiger partial charge in [-0.3, -0.25) is 0 Å². The summed E-state index contributed by atoms with van der Waals surface area (Å²) in [5.74, 6) is 1.23. The maximum atomic E-state index is 9.52. The molecule has 0 spiro atoms. The number of nitrogens with one attached hydrogen (secondary N) is 1. The third-order valence-corrected chi connectivity index (χ3v) is 5.27. The van der Waals surface area contributed by atoms with Crippen molar-refractivity contribution in [2.24, 2.45) is 0 Å². The van der Waals surface area contributed by atoms with Gasteiger partial charge in [0.15, 0.2) is 5.82 Å². The zero-order chi connectivity index (χ0) is 17.4. The summed E-state index contributed by atoms with van der Waals surface area (Å²) in [7, 11) is 0. The number of aryl methyl sites for hydroxylation is 1. The molecule has 1 fully saturated rings. The highest BCUT2D eigenvalue weighted by Gasteiger charge is 2.26. The second-order valence-corrected chi connectivity index (χ2v) is 6.63. The van der Waals surface area contributed by atoms with E-state index in [1.807, 2.05) is 26.1 Å². The lowest BCUT2D eigenvalue weighted by molar-refractivity contribution is 0.503. The van der Waals surface area contributed by atoms with Crippen molar-refractivity contribution < 1.29 is 0 Å². The number of hydrogen-bond acceptors (Lipinski definition) is 5. The predicted octanol–water partition coefficient (Wildman–Crippen LogP) is 3.23. The van der Waals surface area contributed by atoms with E-state index >= 15 is 0 Å². The van der Waals surface area contributed by atoms with E-state index in [9.17, 15) is 5.26 Å². The fourth-order valence-corrected chi connectivity index (χ4v) is 3.67. The SMILES string of the molecule is Cc1nnc(N2CCC(c3c[nH]c4ncccc34)CC2)c(C#N)c1C. The summed E-state index contributed by atoms with van der Waals surface area (Å²) in [5, 5.41) is 19.3. The third kappa shape index (κ3) is 2.62. The van der Waals surface area contributed by atoms with Gasteiger partial charge in [-0.15, -0.1) is 5.10 Å². The summed E-state index contributed by atoms with van der Waals surface area (Å²) in [6, 6.07) is 6.42. The van der Waals surface area contributed by atoms with Crippen LogP contribution < -0.4 is 4.90 Å². The van der Waals surface area contributed by atoms with Crippen LogP contribution in [0.2, 0.25) is 0 Å². The first-order chi connectivity index (χ1) is 12.2. The lowest BCUT2D eigenvalue weighted by Gasteiger charge is -2.33. The summed E-state index contributed by atoms with van der Waals surface area (Å²) >= 11 is 0. The molecule has 0 radical (unpaired) electrons. The Labute approximate surface area is 146 Å². The number of nitrogens with zero attached hydrogens (tertiary/aromatic N) is 5. The largest absolute Gasteiger partial charge is 0.354 e. The molecule has 0 atom stereocenters. The average Bonchev–Trinajstić information content (AvgIpc) is 3.08. The van der Waals surface area contributed by atoms with Gasteiger partial charge >= 0.3 is 0 Å². The first kappa shape index (κ1) is 15.6. The molecule has 1 saturated heterocycles. The van der Waals surface area contributed by atoms with Crippen molar-refractivity contribution in [2.75, 3.05) is 18.0 Å². The quantitative estimate of drug-likeness (QED) is 0.779. The molecule has 4 heterocycles. The lowest BCUT2D eigenvalue weighted by atomic mass is 9.89. The molecule has 3 aromatic heterocycles. The van der Waals surface area contributed by atoms with E-state index in [0.29, 0.717) is 11.5 Å². The highest BCUT2D eigenvalue weighted by Crippen LogP contribution is 2.34. The van der Waals surface area contributed by atoms with Gasteiger partial charge in [-0.1, -0.05) is 0 Å². The Kier molecular flexibility index (Phi) is 3.85. The molecule has 4 rings (SSSR count). The van der Waals surface area contributed by atoms with Crippen molar-refractivity contribution in [1.29, 1.82) is 5.26 Å². The van der Waals surface area contributed by atoms with Crippen LogP contribution in [0.3, 0.4) is 0 Å². The summed E-state index contributed by atoms with van der Waals surface area (Å²) in [5.41, 5.74) is 4.70. The Morgan fingerprint density at radius 3 is 2.80 bits per heavy atom. The van der Waals surface area contributed by atoms with Crippen molar-refractivity contribution in [2.45, 2.75) is 32.6 Å². The highest BCUT2D eigenvalue weighted by atomic mass is 15.3. The molecule has 0 amide bonds. The first-order valence-electron chi connectivity index (χ1n) is 8.60. The Balaban J connectivity index is 1.56. The summed E-state index contributed by atoms with van der Waals surface area (Å²) in [6.45, 7) is 5.59. The molecule has 0 aliphatic carbocycles. The minimum atomic E-state index is 0.499. The van der Waals surface area contributed by atoms with Gasteiger partial charge in [0.05, 0.1) is 5.69 Å². The first-order valence-corrected chi connectivity index (χ1v) is 8.60. The molecule has 1 aliphatic heterocycles. The minimum absolute atomic E-state index is 0.499.